The van der Waals surface area contributed by atoms with E-state index in [0.717, 1.165) is 33.9 Å². The van der Waals surface area contributed by atoms with Crippen molar-refractivity contribution in [3.05, 3.63) is 108 Å². The number of fused-ring (bicyclic) bond motifs is 2. The fourth-order valence-corrected chi connectivity index (χ4v) is 7.74. The average Bonchev–Trinajstić information content (AvgIpc) is 3.68. The standard InChI is InChI=1S/C42H51N3O7/c1-42(2,3)43-41(50)37-13-8-22-45(37,52-35-20-16-30-9-4-5-10-31(30)25-35)28-33(47)17-21-39(49)44(27-29-14-18-34(19-15-29)51-24-23-46)40-36-12-7-6-11-32(36)26-38(40)48/h4-7,9-12,14-16,18-20,25,33,37-38,40,46-48H,8,13,17,21-24,26-28H2,1-3H3/p+1/t33-,37+,38?,40?,45-/m0/s1. The van der Waals surface area contributed by atoms with E-state index in [4.69, 9.17) is 14.7 Å². The Morgan fingerprint density at radius 3 is 2.42 bits per heavy atom. The zero-order valence-electron chi connectivity index (χ0n) is 30.4. The number of quaternary nitrogens is 1. The van der Waals surface area contributed by atoms with Crippen molar-refractivity contribution in [1.29, 1.82) is 0 Å². The average molecular weight is 711 g/mol. The summed E-state index contributed by atoms with van der Waals surface area (Å²) in [7, 11) is 0. The van der Waals surface area contributed by atoms with Gasteiger partial charge in [0.1, 0.15) is 31.5 Å². The molecule has 1 aliphatic heterocycles. The van der Waals surface area contributed by atoms with Crippen LogP contribution in [0.25, 0.3) is 10.8 Å². The molecule has 0 aromatic heterocycles. The Hall–Kier alpha value is -4.48. The minimum Gasteiger partial charge on any atom is -0.491 e. The second kappa shape index (κ2) is 16.0. The van der Waals surface area contributed by atoms with Gasteiger partial charge < -0.3 is 35.1 Å². The van der Waals surface area contributed by atoms with Gasteiger partial charge in [0.05, 0.1) is 18.8 Å². The highest BCUT2D eigenvalue weighted by atomic mass is 16.7. The first kappa shape index (κ1) is 37.3. The fraction of sp³-hybridized carbons (Fsp3) is 0.429. The van der Waals surface area contributed by atoms with Crippen LogP contribution >= 0.6 is 0 Å². The van der Waals surface area contributed by atoms with E-state index in [1.807, 2.05) is 99.6 Å². The summed E-state index contributed by atoms with van der Waals surface area (Å²) in [5.74, 6) is 0.919. The summed E-state index contributed by atoms with van der Waals surface area (Å²) >= 11 is 0. The van der Waals surface area contributed by atoms with Crippen LogP contribution in [0.1, 0.15) is 69.2 Å². The molecule has 5 atom stereocenters. The monoisotopic (exact) mass is 710 g/mol. The van der Waals surface area contributed by atoms with Gasteiger partial charge in [0.25, 0.3) is 5.91 Å². The Balaban J connectivity index is 1.22. The predicted octanol–water partition coefficient (Wildman–Crippen LogP) is 5.23. The molecule has 0 radical (unpaired) electrons. The summed E-state index contributed by atoms with van der Waals surface area (Å²) in [5, 5.41) is 37.3. The van der Waals surface area contributed by atoms with E-state index in [0.29, 0.717) is 30.9 Å². The smallest absolute Gasteiger partial charge is 0.282 e. The Labute approximate surface area is 306 Å². The first-order valence-corrected chi connectivity index (χ1v) is 18.4. The van der Waals surface area contributed by atoms with Crippen LogP contribution in [0.5, 0.6) is 11.5 Å². The quantitative estimate of drug-likeness (QED) is 0.132. The number of amides is 2. The molecule has 10 heteroatoms. The SMILES string of the molecule is CC(C)(C)NC(=O)[C@H]1CCC[N@@+]1(C[C@@H](O)CCC(=O)N(Cc1ccc(OCCO)cc1)C1c2ccccc2CC1O)Oc1ccc2ccccc2c1. The van der Waals surface area contributed by atoms with E-state index in [-0.39, 0.29) is 55.6 Å². The van der Waals surface area contributed by atoms with E-state index >= 15 is 0 Å². The number of ether oxygens (including phenoxy) is 1. The van der Waals surface area contributed by atoms with E-state index in [9.17, 15) is 19.8 Å². The Morgan fingerprint density at radius 1 is 0.962 bits per heavy atom. The number of nitrogens with one attached hydrogen (secondary N) is 1. The number of aliphatic hydroxyl groups is 3. The van der Waals surface area contributed by atoms with Crippen molar-refractivity contribution in [3.63, 3.8) is 0 Å². The third kappa shape index (κ3) is 8.75. The van der Waals surface area contributed by atoms with Crippen LogP contribution in [0.15, 0.2) is 91.0 Å². The zero-order valence-corrected chi connectivity index (χ0v) is 30.4. The Bertz CT molecular complexity index is 1840. The molecule has 4 N–H and O–H groups in total. The van der Waals surface area contributed by atoms with E-state index in [1.54, 1.807) is 17.0 Å². The molecular weight excluding hydrogens is 658 g/mol. The lowest BCUT2D eigenvalue weighted by Gasteiger charge is -2.38. The molecule has 1 fully saturated rings. The predicted molar refractivity (Wildman–Crippen MR) is 199 cm³/mol. The Morgan fingerprint density at radius 2 is 1.67 bits per heavy atom. The lowest BCUT2D eigenvalue weighted by molar-refractivity contribution is -1.08. The van der Waals surface area contributed by atoms with Crippen LogP contribution in [-0.2, 0) is 22.6 Å². The molecule has 4 aromatic carbocycles. The number of carbonyl (C=O) groups is 2. The van der Waals surface area contributed by atoms with Crippen LogP contribution < -0.4 is 14.9 Å². The van der Waals surface area contributed by atoms with Gasteiger partial charge in [-0.05, 0) is 78.9 Å². The number of likely N-dealkylation sites (tertiary alicyclic amines) is 1. The van der Waals surface area contributed by atoms with Gasteiger partial charge in [-0.3, -0.25) is 9.59 Å². The number of carbonyl (C=O) groups excluding carboxylic acids is 2. The van der Waals surface area contributed by atoms with Gasteiger partial charge >= 0.3 is 0 Å². The topological polar surface area (TPSA) is 129 Å². The van der Waals surface area contributed by atoms with Gasteiger partial charge in [-0.2, -0.15) is 0 Å². The van der Waals surface area contributed by atoms with Gasteiger partial charge in [0.15, 0.2) is 5.75 Å². The third-order valence-electron chi connectivity index (χ3n) is 10.1. The van der Waals surface area contributed by atoms with Crippen molar-refractivity contribution in [2.24, 2.45) is 0 Å². The van der Waals surface area contributed by atoms with Crippen molar-refractivity contribution in [1.82, 2.24) is 10.2 Å². The van der Waals surface area contributed by atoms with Gasteiger partial charge in [0.2, 0.25) is 11.9 Å². The molecule has 2 unspecified atom stereocenters. The zero-order chi connectivity index (χ0) is 36.9. The van der Waals surface area contributed by atoms with Crippen LogP contribution in [0, 0.1) is 0 Å². The number of benzene rings is 4. The lowest BCUT2D eigenvalue weighted by Crippen LogP contribution is -2.63. The molecule has 6 rings (SSSR count). The number of rotatable bonds is 14. The molecule has 1 aliphatic carbocycles. The van der Waals surface area contributed by atoms with Crippen molar-refractivity contribution < 1.29 is 39.1 Å². The van der Waals surface area contributed by atoms with Crippen LogP contribution in [0.2, 0.25) is 0 Å². The summed E-state index contributed by atoms with van der Waals surface area (Å²) in [6.45, 7) is 6.87. The van der Waals surface area contributed by atoms with Crippen LogP contribution in [0.4, 0.5) is 0 Å². The normalized spacial score (nSPS) is 21.8. The summed E-state index contributed by atoms with van der Waals surface area (Å²) in [6.07, 6.45) is 0.287. The Kier molecular flexibility index (Phi) is 11.5. The molecule has 4 aromatic rings. The first-order valence-electron chi connectivity index (χ1n) is 18.4. The van der Waals surface area contributed by atoms with Crippen molar-refractivity contribution in [3.8, 4) is 11.5 Å². The van der Waals surface area contributed by atoms with Crippen molar-refractivity contribution in [2.45, 2.75) is 89.3 Å². The highest BCUT2D eigenvalue weighted by Crippen LogP contribution is 2.38. The summed E-state index contributed by atoms with van der Waals surface area (Å²) in [4.78, 5) is 36.4. The van der Waals surface area contributed by atoms with Gasteiger partial charge in [-0.1, -0.05) is 66.7 Å². The summed E-state index contributed by atoms with van der Waals surface area (Å²) < 4.78 is 5.45. The third-order valence-corrected chi connectivity index (χ3v) is 10.1. The van der Waals surface area contributed by atoms with E-state index in [1.165, 1.54) is 0 Å². The maximum atomic E-state index is 14.2. The molecule has 0 spiro atoms. The van der Waals surface area contributed by atoms with Gasteiger partial charge in [-0.25, -0.2) is 0 Å². The molecule has 52 heavy (non-hydrogen) atoms. The van der Waals surface area contributed by atoms with Gasteiger partial charge in [0, 0.05) is 37.8 Å². The molecule has 276 valence electrons. The van der Waals surface area contributed by atoms with Crippen molar-refractivity contribution >= 4 is 22.6 Å². The molecule has 1 heterocycles. The highest BCUT2D eigenvalue weighted by Gasteiger charge is 2.51. The highest BCUT2D eigenvalue weighted by molar-refractivity contribution is 5.84. The second-order valence-electron chi connectivity index (χ2n) is 15.2. The van der Waals surface area contributed by atoms with E-state index < -0.39 is 29.8 Å². The lowest BCUT2D eigenvalue weighted by atomic mass is 10.0. The first-order chi connectivity index (χ1) is 24.9. The minimum atomic E-state index is -0.946. The second-order valence-corrected chi connectivity index (χ2v) is 15.2. The number of hydroxylamine groups is 3. The maximum absolute atomic E-state index is 14.2. The summed E-state index contributed by atoms with van der Waals surface area (Å²) in [5.41, 5.74) is 2.35. The minimum absolute atomic E-state index is 0.0408. The maximum Gasteiger partial charge on any atom is 0.282 e. The largest absolute Gasteiger partial charge is 0.491 e. The number of hydrogen-bond acceptors (Lipinski definition) is 7. The van der Waals surface area contributed by atoms with Gasteiger partial charge in [-0.15, -0.1) is 4.65 Å². The molecule has 10 nitrogen and oxygen atoms in total. The molecule has 0 bridgehead atoms. The molecule has 0 saturated carbocycles. The number of aliphatic hydroxyl groups excluding tert-OH is 3. The molecule has 1 saturated heterocycles. The molecular formula is C42H52N3O7+. The molecule has 2 aliphatic rings. The number of hydrogen-bond donors (Lipinski definition) is 4. The van der Waals surface area contributed by atoms with Crippen molar-refractivity contribution in [2.75, 3.05) is 26.3 Å². The summed E-state index contributed by atoms with van der Waals surface area (Å²) in [6, 6.07) is 28.0. The van der Waals surface area contributed by atoms with Crippen LogP contribution in [-0.4, -0.2) is 86.8 Å². The van der Waals surface area contributed by atoms with E-state index in [2.05, 4.69) is 5.32 Å². The molecule has 2 amide bonds. The number of nitrogens with zero attached hydrogens (tertiary/aromatic N) is 2. The van der Waals surface area contributed by atoms with Crippen LogP contribution in [0.3, 0.4) is 0 Å². The fourth-order valence-electron chi connectivity index (χ4n) is 7.74.